The van der Waals surface area contributed by atoms with Gasteiger partial charge >= 0.3 is 0 Å². The molecule has 1 aromatic heterocycles. The van der Waals surface area contributed by atoms with E-state index in [9.17, 15) is 9.59 Å². The van der Waals surface area contributed by atoms with E-state index in [1.165, 1.54) is 17.2 Å². The molecule has 5 nitrogen and oxygen atoms in total. The zero-order chi connectivity index (χ0) is 25.8. The van der Waals surface area contributed by atoms with Gasteiger partial charge in [0.25, 0.3) is 0 Å². The number of nitrogens with one attached hydrogen (secondary N) is 1. The predicted molar refractivity (Wildman–Crippen MR) is 149 cm³/mol. The number of nitrogens with zero attached hydrogens (tertiary/aromatic N) is 2. The van der Waals surface area contributed by atoms with Gasteiger partial charge in [-0.1, -0.05) is 75.6 Å². The second-order valence-corrected chi connectivity index (χ2v) is 10.9. The summed E-state index contributed by atoms with van der Waals surface area (Å²) in [5, 5.41) is 5.60. The van der Waals surface area contributed by atoms with Crippen molar-refractivity contribution in [2.75, 3.05) is 6.54 Å². The summed E-state index contributed by atoms with van der Waals surface area (Å²) in [5.74, 6) is 0.217. The van der Waals surface area contributed by atoms with Crippen molar-refractivity contribution < 1.29 is 9.59 Å². The zero-order valence-electron chi connectivity index (χ0n) is 22.2. The Balaban J connectivity index is 1.43. The molecule has 2 aliphatic rings. The van der Waals surface area contributed by atoms with Gasteiger partial charge in [-0.3, -0.25) is 14.6 Å². The molecule has 2 aromatic carbocycles. The summed E-state index contributed by atoms with van der Waals surface area (Å²) in [4.78, 5) is 33.7. The van der Waals surface area contributed by atoms with Gasteiger partial charge in [-0.25, -0.2) is 0 Å². The number of benzene rings is 2. The van der Waals surface area contributed by atoms with Crippen LogP contribution >= 0.6 is 0 Å². The molecule has 0 bridgehead atoms. The molecular formula is C32H39N3O2. The van der Waals surface area contributed by atoms with E-state index in [1.807, 2.05) is 31.1 Å². The average Bonchev–Trinajstić information content (AvgIpc) is 3.45. The van der Waals surface area contributed by atoms with Gasteiger partial charge in [0.2, 0.25) is 11.8 Å². The Bertz CT molecular complexity index is 1240. The SMILES string of the molecule is CCC(C)C(=O)NC(C(=O)N1CCCC1c1cncc(-c2cccc3ccccc23)c1)C1CCCCC1. The molecule has 0 radical (unpaired) electrons. The molecule has 2 heterocycles. The Morgan fingerprint density at radius 1 is 1.00 bits per heavy atom. The molecule has 2 fully saturated rings. The van der Waals surface area contributed by atoms with Crippen molar-refractivity contribution in [1.82, 2.24) is 15.2 Å². The van der Waals surface area contributed by atoms with Crippen LogP contribution in [0.5, 0.6) is 0 Å². The molecule has 5 rings (SSSR count). The summed E-state index contributed by atoms with van der Waals surface area (Å²) in [7, 11) is 0. The summed E-state index contributed by atoms with van der Waals surface area (Å²) in [5.41, 5.74) is 3.30. The van der Waals surface area contributed by atoms with E-state index in [0.29, 0.717) is 0 Å². The summed E-state index contributed by atoms with van der Waals surface area (Å²) in [6.07, 6.45) is 12.0. The fourth-order valence-corrected chi connectivity index (χ4v) is 6.15. The topological polar surface area (TPSA) is 62.3 Å². The first kappa shape index (κ1) is 25.4. The van der Waals surface area contributed by atoms with Crippen molar-refractivity contribution in [2.24, 2.45) is 11.8 Å². The van der Waals surface area contributed by atoms with Gasteiger partial charge < -0.3 is 10.2 Å². The molecule has 1 aliphatic carbocycles. The normalized spacial score (nSPS) is 20.1. The van der Waals surface area contributed by atoms with Crippen LogP contribution in [-0.2, 0) is 9.59 Å². The second-order valence-electron chi connectivity index (χ2n) is 10.9. The summed E-state index contributed by atoms with van der Waals surface area (Å²) < 4.78 is 0. The van der Waals surface area contributed by atoms with Crippen LogP contribution in [0.4, 0.5) is 0 Å². The molecule has 2 amide bonds. The highest BCUT2D eigenvalue weighted by Gasteiger charge is 2.39. The Hall–Kier alpha value is -3.21. The third kappa shape index (κ3) is 5.41. The highest BCUT2D eigenvalue weighted by atomic mass is 16.2. The summed E-state index contributed by atoms with van der Waals surface area (Å²) >= 11 is 0. The smallest absolute Gasteiger partial charge is 0.245 e. The molecule has 3 atom stereocenters. The highest BCUT2D eigenvalue weighted by Crippen LogP contribution is 2.37. The number of amides is 2. The third-order valence-electron chi connectivity index (χ3n) is 8.53. The molecule has 1 saturated heterocycles. The summed E-state index contributed by atoms with van der Waals surface area (Å²) in [6.45, 7) is 4.69. The van der Waals surface area contributed by atoms with Crippen LogP contribution in [0.3, 0.4) is 0 Å². The Kier molecular flexibility index (Phi) is 7.87. The van der Waals surface area contributed by atoms with Crippen LogP contribution in [0, 0.1) is 11.8 Å². The van der Waals surface area contributed by atoms with Gasteiger partial charge in [0.1, 0.15) is 6.04 Å². The minimum Gasteiger partial charge on any atom is -0.344 e. The summed E-state index contributed by atoms with van der Waals surface area (Å²) in [6, 6.07) is 16.5. The number of likely N-dealkylation sites (tertiary alicyclic amines) is 1. The highest BCUT2D eigenvalue weighted by molar-refractivity contribution is 5.96. The first-order valence-electron chi connectivity index (χ1n) is 14.1. The van der Waals surface area contributed by atoms with E-state index in [4.69, 9.17) is 0 Å². The average molecular weight is 498 g/mol. The maximum atomic E-state index is 14.1. The van der Waals surface area contributed by atoms with E-state index >= 15 is 0 Å². The molecule has 3 aromatic rings. The zero-order valence-corrected chi connectivity index (χ0v) is 22.2. The number of hydrogen-bond acceptors (Lipinski definition) is 3. The van der Waals surface area contributed by atoms with Crippen LogP contribution in [0.2, 0.25) is 0 Å². The van der Waals surface area contributed by atoms with E-state index in [2.05, 4.69) is 58.8 Å². The number of pyridine rings is 1. The van der Waals surface area contributed by atoms with Crippen molar-refractivity contribution in [3.63, 3.8) is 0 Å². The molecule has 0 spiro atoms. The van der Waals surface area contributed by atoms with Gasteiger partial charge in [-0.2, -0.15) is 0 Å². The van der Waals surface area contributed by atoms with Crippen LogP contribution in [0.25, 0.3) is 21.9 Å². The van der Waals surface area contributed by atoms with Crippen molar-refractivity contribution in [2.45, 2.75) is 77.3 Å². The Morgan fingerprint density at radius 3 is 2.59 bits per heavy atom. The lowest BCUT2D eigenvalue weighted by Crippen LogP contribution is -2.53. The van der Waals surface area contributed by atoms with Crippen LogP contribution < -0.4 is 5.32 Å². The fourth-order valence-electron chi connectivity index (χ4n) is 6.15. The van der Waals surface area contributed by atoms with Crippen LogP contribution in [-0.4, -0.2) is 34.3 Å². The standard InChI is InChI=1S/C32H39N3O2/c1-3-22(2)31(36)34-30(24-12-5-4-6-13-24)32(37)35-18-10-17-29(35)26-19-25(20-33-21-26)28-16-9-14-23-11-7-8-15-27(23)28/h7-9,11,14-16,19-22,24,29-30H,3-6,10,12-13,17-18H2,1-2H3,(H,34,36). The van der Waals surface area contributed by atoms with Crippen molar-refractivity contribution in [3.8, 4) is 11.1 Å². The number of rotatable bonds is 7. The molecule has 1 saturated carbocycles. The van der Waals surface area contributed by atoms with Gasteiger partial charge in [0, 0.05) is 30.4 Å². The van der Waals surface area contributed by atoms with E-state index in [0.717, 1.165) is 68.2 Å². The first-order valence-corrected chi connectivity index (χ1v) is 14.1. The van der Waals surface area contributed by atoms with E-state index < -0.39 is 6.04 Å². The van der Waals surface area contributed by atoms with Gasteiger partial charge in [0.05, 0.1) is 6.04 Å². The third-order valence-corrected chi connectivity index (χ3v) is 8.53. The first-order chi connectivity index (χ1) is 18.1. The number of carbonyl (C=O) groups is 2. The minimum atomic E-state index is -0.434. The van der Waals surface area contributed by atoms with Crippen molar-refractivity contribution in [3.05, 3.63) is 66.5 Å². The number of aromatic nitrogens is 1. The second kappa shape index (κ2) is 11.5. The predicted octanol–water partition coefficient (Wildman–Crippen LogP) is 6.68. The lowest BCUT2D eigenvalue weighted by atomic mass is 9.83. The molecule has 1 N–H and O–H groups in total. The minimum absolute atomic E-state index is 0.00166. The van der Waals surface area contributed by atoms with Gasteiger partial charge in [-0.15, -0.1) is 0 Å². The quantitative estimate of drug-likeness (QED) is 0.396. The molecule has 3 unspecified atom stereocenters. The number of hydrogen-bond donors (Lipinski definition) is 1. The van der Waals surface area contributed by atoms with Crippen molar-refractivity contribution in [1.29, 1.82) is 0 Å². The molecular weight excluding hydrogens is 458 g/mol. The maximum absolute atomic E-state index is 14.1. The largest absolute Gasteiger partial charge is 0.344 e. The van der Waals surface area contributed by atoms with Crippen LogP contribution in [0.1, 0.15) is 76.8 Å². The van der Waals surface area contributed by atoms with E-state index in [-0.39, 0.29) is 29.7 Å². The fraction of sp³-hybridized carbons (Fsp3) is 0.469. The maximum Gasteiger partial charge on any atom is 0.245 e. The lowest BCUT2D eigenvalue weighted by Gasteiger charge is -2.35. The monoisotopic (exact) mass is 497 g/mol. The van der Waals surface area contributed by atoms with E-state index in [1.54, 1.807) is 0 Å². The molecule has 194 valence electrons. The van der Waals surface area contributed by atoms with Gasteiger partial charge in [-0.05, 0) is 66.0 Å². The van der Waals surface area contributed by atoms with Gasteiger partial charge in [0.15, 0.2) is 0 Å². The Morgan fingerprint density at radius 2 is 1.78 bits per heavy atom. The number of fused-ring (bicyclic) bond motifs is 1. The van der Waals surface area contributed by atoms with Crippen LogP contribution in [0.15, 0.2) is 60.9 Å². The molecule has 1 aliphatic heterocycles. The Labute approximate surface area is 220 Å². The number of carbonyl (C=O) groups excluding carboxylic acids is 2. The molecule has 37 heavy (non-hydrogen) atoms. The van der Waals surface area contributed by atoms with Crippen molar-refractivity contribution >= 4 is 22.6 Å². The molecule has 5 heteroatoms. The lowest BCUT2D eigenvalue weighted by molar-refractivity contribution is -0.140.